The molecule has 0 aromatic heterocycles. The Morgan fingerprint density at radius 1 is 0.567 bits per heavy atom. The fourth-order valence-corrected chi connectivity index (χ4v) is 5.84. The first-order valence-electron chi connectivity index (χ1n) is 22.0. The standard InChI is InChI=1S/C48H77O11P/c1-3-5-7-9-11-13-14-15-16-17-18-19-20-21-22-24-26-30-35-39-48(53)59-46(43-58-60(54,55)57-41-45(51)40-49)42-56-47(52)38-34-31-27-29-33-37-44(50)36-32-28-25-23-12-10-8-6-4-2/h11-13,15-16,18-19,21-23,26-30,32-33,37,44-46,49-51H,3-10,14,17,20,24-25,31,34-36,38-43H2,1-2H3,(H,54,55)/b13-11-,16-15-,19-18-,22-21-,23-12-,29-27+,30-26-,32-28-,37-33-/t44?,45-,46+/m0/s1. The Morgan fingerprint density at radius 3 is 1.62 bits per heavy atom. The summed E-state index contributed by atoms with van der Waals surface area (Å²) in [5, 5.41) is 28.5. The van der Waals surface area contributed by atoms with Crippen molar-refractivity contribution in [1.82, 2.24) is 0 Å². The van der Waals surface area contributed by atoms with Crippen molar-refractivity contribution in [2.75, 3.05) is 26.4 Å². The highest BCUT2D eigenvalue weighted by Gasteiger charge is 2.27. The highest BCUT2D eigenvalue weighted by molar-refractivity contribution is 7.47. The molecule has 0 fully saturated rings. The minimum absolute atomic E-state index is 0.0247. The number of esters is 2. The number of phosphoric ester groups is 1. The van der Waals surface area contributed by atoms with Gasteiger partial charge in [-0.05, 0) is 83.5 Å². The number of rotatable bonds is 39. The first-order chi connectivity index (χ1) is 29.1. The molecule has 4 N–H and O–H groups in total. The Labute approximate surface area is 361 Å². The summed E-state index contributed by atoms with van der Waals surface area (Å²) >= 11 is 0. The van der Waals surface area contributed by atoms with E-state index in [9.17, 15) is 29.3 Å². The third kappa shape index (κ3) is 41.3. The second-order valence-electron chi connectivity index (χ2n) is 14.2. The molecule has 4 atom stereocenters. The third-order valence-corrected chi connectivity index (χ3v) is 9.44. The SMILES string of the molecule is CCCCC/C=C\C/C=C\C/C=C\C/C=C\C/C=C\CCC(=O)O[C@H](COC(=O)CCC/C=C/C=C\C(O)C/C=C\C/C=C\CCCCC)COP(=O)(O)OC[C@@H](O)CO. The molecule has 0 bridgehead atoms. The van der Waals surface area contributed by atoms with Crippen LogP contribution in [-0.4, -0.2) is 76.9 Å². The first-order valence-corrected chi connectivity index (χ1v) is 23.4. The maximum absolute atomic E-state index is 12.6. The van der Waals surface area contributed by atoms with Crippen LogP contribution < -0.4 is 0 Å². The molecule has 0 spiro atoms. The summed E-state index contributed by atoms with van der Waals surface area (Å²) < 4.78 is 32.5. The fourth-order valence-electron chi connectivity index (χ4n) is 5.05. The van der Waals surface area contributed by atoms with Gasteiger partial charge in [0.25, 0.3) is 0 Å². The zero-order chi connectivity index (χ0) is 44.2. The van der Waals surface area contributed by atoms with E-state index in [1.807, 2.05) is 36.5 Å². The molecule has 0 amide bonds. The molecule has 0 aromatic rings. The van der Waals surface area contributed by atoms with Crippen molar-refractivity contribution in [3.05, 3.63) is 109 Å². The van der Waals surface area contributed by atoms with E-state index in [4.69, 9.17) is 19.1 Å². The van der Waals surface area contributed by atoms with Gasteiger partial charge in [0.05, 0.1) is 25.9 Å². The van der Waals surface area contributed by atoms with Gasteiger partial charge in [0.15, 0.2) is 6.10 Å². The zero-order valence-corrected chi connectivity index (χ0v) is 37.4. The average molecular weight is 861 g/mol. The first kappa shape index (κ1) is 56.6. The van der Waals surface area contributed by atoms with Crippen molar-refractivity contribution in [2.24, 2.45) is 0 Å². The van der Waals surface area contributed by atoms with Crippen LogP contribution in [0.3, 0.4) is 0 Å². The van der Waals surface area contributed by atoms with Crippen molar-refractivity contribution in [1.29, 1.82) is 0 Å². The van der Waals surface area contributed by atoms with Gasteiger partial charge < -0.3 is 29.7 Å². The minimum atomic E-state index is -4.68. The summed E-state index contributed by atoms with van der Waals surface area (Å²) in [7, 11) is -4.68. The number of ether oxygens (including phenoxy) is 2. The van der Waals surface area contributed by atoms with Gasteiger partial charge in [0.1, 0.15) is 12.7 Å². The van der Waals surface area contributed by atoms with E-state index in [-0.39, 0.29) is 12.8 Å². The summed E-state index contributed by atoms with van der Waals surface area (Å²) in [6.07, 6.45) is 49.5. The molecule has 60 heavy (non-hydrogen) atoms. The molecule has 0 heterocycles. The summed E-state index contributed by atoms with van der Waals surface area (Å²) in [5.74, 6) is -1.16. The largest absolute Gasteiger partial charge is 0.472 e. The van der Waals surface area contributed by atoms with E-state index in [1.54, 1.807) is 18.2 Å². The summed E-state index contributed by atoms with van der Waals surface area (Å²) in [6.45, 7) is 2.04. The number of aliphatic hydroxyl groups is 3. The molecule has 0 aromatic carbocycles. The molecule has 0 saturated carbocycles. The van der Waals surface area contributed by atoms with Gasteiger partial charge in [0.2, 0.25) is 0 Å². The lowest BCUT2D eigenvalue weighted by Crippen LogP contribution is -2.29. The normalized spacial score (nSPS) is 15.4. The Hall–Kier alpha value is -3.41. The summed E-state index contributed by atoms with van der Waals surface area (Å²) in [6, 6.07) is 0. The topological polar surface area (TPSA) is 169 Å². The van der Waals surface area contributed by atoms with Crippen LogP contribution in [0, 0.1) is 0 Å². The van der Waals surface area contributed by atoms with Crippen LogP contribution in [-0.2, 0) is 32.7 Å². The number of hydrogen-bond donors (Lipinski definition) is 4. The van der Waals surface area contributed by atoms with Gasteiger partial charge >= 0.3 is 19.8 Å². The second kappa shape index (κ2) is 42.3. The molecule has 11 nitrogen and oxygen atoms in total. The van der Waals surface area contributed by atoms with Crippen molar-refractivity contribution in [3.63, 3.8) is 0 Å². The van der Waals surface area contributed by atoms with Gasteiger partial charge in [-0.25, -0.2) is 4.57 Å². The number of aliphatic hydroxyl groups excluding tert-OH is 3. The Bertz CT molecular complexity index is 1380. The predicted molar refractivity (Wildman–Crippen MR) is 243 cm³/mol. The van der Waals surface area contributed by atoms with Crippen LogP contribution in [0.4, 0.5) is 0 Å². The average Bonchev–Trinajstić information content (AvgIpc) is 3.23. The van der Waals surface area contributed by atoms with E-state index in [0.29, 0.717) is 32.1 Å². The highest BCUT2D eigenvalue weighted by atomic mass is 31.2. The minimum Gasteiger partial charge on any atom is -0.462 e. The number of phosphoric acid groups is 1. The molecule has 0 radical (unpaired) electrons. The second-order valence-corrected chi connectivity index (χ2v) is 15.7. The monoisotopic (exact) mass is 861 g/mol. The van der Waals surface area contributed by atoms with Crippen LogP contribution in [0.1, 0.15) is 136 Å². The molecular weight excluding hydrogens is 783 g/mol. The van der Waals surface area contributed by atoms with Gasteiger partial charge in [0, 0.05) is 12.8 Å². The van der Waals surface area contributed by atoms with E-state index in [2.05, 4.69) is 73.1 Å². The number of allylic oxidation sites excluding steroid dienone is 16. The fraction of sp³-hybridized carbons (Fsp3) is 0.583. The van der Waals surface area contributed by atoms with Crippen LogP contribution in [0.5, 0.6) is 0 Å². The molecule has 0 rings (SSSR count). The van der Waals surface area contributed by atoms with Crippen molar-refractivity contribution >= 4 is 19.8 Å². The van der Waals surface area contributed by atoms with Gasteiger partial charge in [-0.1, -0.05) is 149 Å². The molecule has 2 unspecified atom stereocenters. The number of unbranched alkanes of at least 4 members (excludes halogenated alkanes) is 7. The molecular formula is C48H77O11P. The molecule has 0 saturated heterocycles. The Kier molecular flexibility index (Phi) is 39.9. The number of carbonyl (C=O) groups is 2. The maximum Gasteiger partial charge on any atom is 0.472 e. The Morgan fingerprint density at radius 2 is 1.07 bits per heavy atom. The molecule has 12 heteroatoms. The number of hydrogen-bond acceptors (Lipinski definition) is 10. The van der Waals surface area contributed by atoms with E-state index in [1.165, 1.54) is 38.5 Å². The third-order valence-electron chi connectivity index (χ3n) is 8.49. The smallest absolute Gasteiger partial charge is 0.462 e. The van der Waals surface area contributed by atoms with Crippen molar-refractivity contribution in [3.8, 4) is 0 Å². The quantitative estimate of drug-likeness (QED) is 0.0153. The van der Waals surface area contributed by atoms with Gasteiger partial charge in [-0.15, -0.1) is 0 Å². The van der Waals surface area contributed by atoms with E-state index < -0.39 is 64.5 Å². The highest BCUT2D eigenvalue weighted by Crippen LogP contribution is 2.43. The van der Waals surface area contributed by atoms with Crippen LogP contribution in [0.25, 0.3) is 0 Å². The van der Waals surface area contributed by atoms with E-state index >= 15 is 0 Å². The zero-order valence-electron chi connectivity index (χ0n) is 36.5. The predicted octanol–water partition coefficient (Wildman–Crippen LogP) is 10.7. The lowest BCUT2D eigenvalue weighted by Gasteiger charge is -2.20. The summed E-state index contributed by atoms with van der Waals surface area (Å²) in [4.78, 5) is 34.9. The van der Waals surface area contributed by atoms with Gasteiger partial charge in [-0.3, -0.25) is 18.6 Å². The van der Waals surface area contributed by atoms with Crippen LogP contribution >= 0.6 is 7.82 Å². The Balaban J connectivity index is 4.62. The maximum atomic E-state index is 12.6. The van der Waals surface area contributed by atoms with Gasteiger partial charge in [-0.2, -0.15) is 0 Å². The lowest BCUT2D eigenvalue weighted by atomic mass is 10.2. The molecule has 340 valence electrons. The number of carbonyl (C=O) groups excluding carboxylic acids is 2. The van der Waals surface area contributed by atoms with E-state index in [0.717, 1.165) is 38.5 Å². The molecule has 0 aliphatic heterocycles. The van der Waals surface area contributed by atoms with Crippen LogP contribution in [0.2, 0.25) is 0 Å². The lowest BCUT2D eigenvalue weighted by molar-refractivity contribution is -0.161. The van der Waals surface area contributed by atoms with Crippen molar-refractivity contribution < 1.29 is 52.9 Å². The van der Waals surface area contributed by atoms with Crippen molar-refractivity contribution in [2.45, 2.75) is 154 Å². The molecule has 0 aliphatic rings. The summed E-state index contributed by atoms with van der Waals surface area (Å²) in [5.41, 5.74) is 0. The van der Waals surface area contributed by atoms with Crippen LogP contribution in [0.15, 0.2) is 109 Å². The molecule has 0 aliphatic carbocycles.